The number of para-hydroxylation sites is 1. The molecule has 1 aromatic heterocycles. The number of thiocarbonyl (C=S) groups is 1. The van der Waals surface area contributed by atoms with Gasteiger partial charge in [-0.2, -0.15) is 0 Å². The van der Waals surface area contributed by atoms with Crippen LogP contribution in [0.4, 0.5) is 0 Å². The molecule has 1 aliphatic heterocycles. The third-order valence-corrected chi connectivity index (χ3v) is 4.24. The molecule has 0 bridgehead atoms. The van der Waals surface area contributed by atoms with Crippen molar-refractivity contribution in [3.05, 3.63) is 40.9 Å². The van der Waals surface area contributed by atoms with Gasteiger partial charge in [0.15, 0.2) is 0 Å². The van der Waals surface area contributed by atoms with E-state index in [0.717, 1.165) is 16.5 Å². The van der Waals surface area contributed by atoms with Gasteiger partial charge in [-0.25, -0.2) is 0 Å². The lowest BCUT2D eigenvalue weighted by atomic mass is 10.1. The van der Waals surface area contributed by atoms with Crippen LogP contribution in [0.5, 0.6) is 0 Å². The van der Waals surface area contributed by atoms with Crippen LogP contribution in [0.3, 0.4) is 0 Å². The molecule has 21 heavy (non-hydrogen) atoms. The van der Waals surface area contributed by atoms with Gasteiger partial charge in [0.2, 0.25) is 5.91 Å². The Kier molecular flexibility index (Phi) is 3.52. The predicted molar refractivity (Wildman–Crippen MR) is 87.4 cm³/mol. The summed E-state index contributed by atoms with van der Waals surface area (Å²) in [5, 5.41) is 3.54. The predicted octanol–water partition coefficient (Wildman–Crippen LogP) is 1.62. The van der Waals surface area contributed by atoms with Gasteiger partial charge in [-0.3, -0.25) is 9.59 Å². The topological polar surface area (TPSA) is 77.1 Å². The van der Waals surface area contributed by atoms with Crippen LogP contribution in [0.1, 0.15) is 5.56 Å². The van der Waals surface area contributed by atoms with E-state index in [1.807, 2.05) is 30.5 Å². The van der Waals surface area contributed by atoms with Gasteiger partial charge in [-0.15, -0.1) is 0 Å². The molecule has 3 N–H and O–H groups in total. The number of carbonyl (C=O) groups excluding carboxylic acids is 2. The summed E-state index contributed by atoms with van der Waals surface area (Å²) >= 11 is 6.20. The van der Waals surface area contributed by atoms with Gasteiger partial charge in [0.25, 0.3) is 5.91 Å². The molecule has 3 rings (SSSR count). The molecule has 1 saturated heterocycles. The molecule has 2 amide bonds. The van der Waals surface area contributed by atoms with Crippen molar-refractivity contribution in [3.63, 3.8) is 0 Å². The molecule has 0 spiro atoms. The van der Waals surface area contributed by atoms with E-state index in [1.54, 1.807) is 10.6 Å². The van der Waals surface area contributed by atoms with Gasteiger partial charge in [0.1, 0.15) is 10.9 Å². The molecule has 0 atom stereocenters. The molecular formula is C14H11N3O2S2. The van der Waals surface area contributed by atoms with E-state index in [0.29, 0.717) is 9.23 Å². The summed E-state index contributed by atoms with van der Waals surface area (Å²) in [6.45, 7) is 0.0986. The van der Waals surface area contributed by atoms with Gasteiger partial charge < -0.3 is 15.6 Å². The van der Waals surface area contributed by atoms with Crippen LogP contribution in [0, 0.1) is 0 Å². The van der Waals surface area contributed by atoms with Gasteiger partial charge in [0, 0.05) is 22.7 Å². The molecule has 1 fully saturated rings. The second-order valence-electron chi connectivity index (χ2n) is 4.55. The van der Waals surface area contributed by atoms with Crippen molar-refractivity contribution >= 4 is 57.1 Å². The second kappa shape index (κ2) is 5.34. The van der Waals surface area contributed by atoms with Crippen LogP contribution in [-0.4, -0.2) is 20.7 Å². The van der Waals surface area contributed by atoms with Crippen LogP contribution < -0.4 is 11.1 Å². The van der Waals surface area contributed by atoms with E-state index in [9.17, 15) is 9.59 Å². The third-order valence-electron chi connectivity index (χ3n) is 3.07. The lowest BCUT2D eigenvalue weighted by molar-refractivity contribution is -0.118. The van der Waals surface area contributed by atoms with E-state index in [4.69, 9.17) is 18.0 Å². The van der Waals surface area contributed by atoms with Crippen molar-refractivity contribution in [1.29, 1.82) is 0 Å². The Morgan fingerprint density at radius 1 is 1.43 bits per heavy atom. The van der Waals surface area contributed by atoms with Crippen molar-refractivity contribution in [1.82, 2.24) is 9.88 Å². The molecule has 0 saturated carbocycles. The first kappa shape index (κ1) is 13.8. The first-order valence-corrected chi connectivity index (χ1v) is 7.38. The first-order valence-electron chi connectivity index (χ1n) is 6.15. The SMILES string of the molecule is NC(=O)Cn1cc(/C=C2/SC(=S)NC2=O)c2ccccc21. The van der Waals surface area contributed by atoms with Crippen LogP contribution >= 0.6 is 24.0 Å². The summed E-state index contributed by atoms with van der Waals surface area (Å²) in [5.41, 5.74) is 7.02. The zero-order valence-electron chi connectivity index (χ0n) is 10.8. The molecule has 0 aliphatic carbocycles. The summed E-state index contributed by atoms with van der Waals surface area (Å²) in [6, 6.07) is 7.65. The van der Waals surface area contributed by atoms with Gasteiger partial charge >= 0.3 is 0 Å². The first-order chi connectivity index (χ1) is 10.0. The number of rotatable bonds is 3. The maximum absolute atomic E-state index is 11.7. The fourth-order valence-corrected chi connectivity index (χ4v) is 3.29. The van der Waals surface area contributed by atoms with Gasteiger partial charge in [-0.05, 0) is 12.1 Å². The second-order valence-corrected chi connectivity index (χ2v) is 6.27. The minimum absolute atomic E-state index is 0.0986. The molecule has 106 valence electrons. The van der Waals surface area contributed by atoms with E-state index < -0.39 is 5.91 Å². The maximum Gasteiger partial charge on any atom is 0.263 e. The molecule has 2 aromatic rings. The highest BCUT2D eigenvalue weighted by Gasteiger charge is 2.22. The average molecular weight is 317 g/mol. The number of primary amides is 1. The Bertz CT molecular complexity index is 808. The maximum atomic E-state index is 11.7. The zero-order chi connectivity index (χ0) is 15.0. The summed E-state index contributed by atoms with van der Waals surface area (Å²) in [4.78, 5) is 23.4. The molecule has 5 nitrogen and oxygen atoms in total. The van der Waals surface area contributed by atoms with Crippen molar-refractivity contribution in [2.24, 2.45) is 5.73 Å². The number of carbonyl (C=O) groups is 2. The fourth-order valence-electron chi connectivity index (χ4n) is 2.25. The minimum Gasteiger partial charge on any atom is -0.368 e. The van der Waals surface area contributed by atoms with E-state index >= 15 is 0 Å². The highest BCUT2D eigenvalue weighted by molar-refractivity contribution is 8.26. The number of hydrogen-bond acceptors (Lipinski definition) is 4. The summed E-state index contributed by atoms with van der Waals surface area (Å²) in [6.07, 6.45) is 3.59. The summed E-state index contributed by atoms with van der Waals surface area (Å²) in [7, 11) is 0. The Balaban J connectivity index is 2.11. The lowest BCUT2D eigenvalue weighted by Crippen LogP contribution is -2.18. The number of hydrogen-bond donors (Lipinski definition) is 2. The Labute approximate surface area is 130 Å². The minimum atomic E-state index is -0.413. The van der Waals surface area contributed by atoms with Crippen molar-refractivity contribution in [3.8, 4) is 0 Å². The molecule has 1 aromatic carbocycles. The Morgan fingerprint density at radius 2 is 2.19 bits per heavy atom. The number of nitrogens with two attached hydrogens (primary N) is 1. The van der Waals surface area contributed by atoms with E-state index in [1.165, 1.54) is 11.8 Å². The zero-order valence-corrected chi connectivity index (χ0v) is 12.5. The lowest BCUT2D eigenvalue weighted by Gasteiger charge is -2.00. The molecule has 7 heteroatoms. The van der Waals surface area contributed by atoms with E-state index in [-0.39, 0.29) is 12.5 Å². The van der Waals surface area contributed by atoms with Crippen molar-refractivity contribution < 1.29 is 9.59 Å². The largest absolute Gasteiger partial charge is 0.368 e. The molecule has 0 unspecified atom stereocenters. The monoisotopic (exact) mass is 317 g/mol. The fraction of sp³-hybridized carbons (Fsp3) is 0.0714. The molecule has 2 heterocycles. The third kappa shape index (κ3) is 2.70. The highest BCUT2D eigenvalue weighted by Crippen LogP contribution is 2.29. The molecular weight excluding hydrogens is 306 g/mol. The van der Waals surface area contributed by atoms with Crippen molar-refractivity contribution in [2.45, 2.75) is 6.54 Å². The number of nitrogens with one attached hydrogen (secondary N) is 1. The Hall–Kier alpha value is -2.12. The van der Waals surface area contributed by atoms with Gasteiger partial charge in [-0.1, -0.05) is 42.2 Å². The number of benzene rings is 1. The number of amides is 2. The van der Waals surface area contributed by atoms with Crippen LogP contribution in [-0.2, 0) is 16.1 Å². The van der Waals surface area contributed by atoms with Crippen LogP contribution in [0.15, 0.2) is 35.4 Å². The van der Waals surface area contributed by atoms with Crippen LogP contribution in [0.25, 0.3) is 17.0 Å². The van der Waals surface area contributed by atoms with E-state index in [2.05, 4.69) is 5.32 Å². The van der Waals surface area contributed by atoms with Gasteiger partial charge in [0.05, 0.1) is 4.91 Å². The number of aromatic nitrogens is 1. The Morgan fingerprint density at radius 3 is 2.86 bits per heavy atom. The van der Waals surface area contributed by atoms with Crippen molar-refractivity contribution in [2.75, 3.05) is 0 Å². The number of thioether (sulfide) groups is 1. The highest BCUT2D eigenvalue weighted by atomic mass is 32.2. The molecule has 0 radical (unpaired) electrons. The average Bonchev–Trinajstić information content (AvgIpc) is 2.91. The smallest absolute Gasteiger partial charge is 0.263 e. The normalized spacial score (nSPS) is 16.7. The summed E-state index contributed by atoms with van der Waals surface area (Å²) in [5.74, 6) is -0.610. The molecule has 1 aliphatic rings. The summed E-state index contributed by atoms with van der Waals surface area (Å²) < 4.78 is 2.23. The van der Waals surface area contributed by atoms with Crippen LogP contribution in [0.2, 0.25) is 0 Å². The number of nitrogens with zero attached hydrogens (tertiary/aromatic N) is 1. The number of fused-ring (bicyclic) bond motifs is 1. The standard InChI is InChI=1S/C14H11N3O2S2/c15-12(18)7-17-6-8(9-3-1-2-4-10(9)17)5-11-13(19)16-14(20)21-11/h1-6H,7H2,(H2,15,18)(H,16,19,20)/b11-5+. The quantitative estimate of drug-likeness (QED) is 0.666.